The predicted octanol–water partition coefficient (Wildman–Crippen LogP) is 4.84. The maximum atomic E-state index is 12.8. The van der Waals surface area contributed by atoms with Crippen LogP contribution in [0.2, 0.25) is 5.02 Å². The summed E-state index contributed by atoms with van der Waals surface area (Å²) in [5.74, 6) is 0.489. The van der Waals surface area contributed by atoms with Crippen molar-refractivity contribution < 1.29 is 13.2 Å². The molecule has 0 spiro atoms. The SMILES string of the molecule is COc1ccc2ccccc2c1/C=C(/C#N)S(=O)(=O)c1ccc(Cl)cc1. The van der Waals surface area contributed by atoms with Gasteiger partial charge >= 0.3 is 0 Å². The van der Waals surface area contributed by atoms with Crippen LogP contribution in [0, 0.1) is 11.3 Å². The fourth-order valence-corrected chi connectivity index (χ4v) is 3.91. The number of nitrogens with zero attached hydrogens (tertiary/aromatic N) is 1. The first-order valence-corrected chi connectivity index (χ1v) is 9.51. The van der Waals surface area contributed by atoms with Gasteiger partial charge in [0, 0.05) is 10.6 Å². The third-order valence-electron chi connectivity index (χ3n) is 3.95. The van der Waals surface area contributed by atoms with E-state index in [0.29, 0.717) is 16.3 Å². The average molecular weight is 384 g/mol. The number of fused-ring (bicyclic) bond motifs is 1. The van der Waals surface area contributed by atoms with Crippen molar-refractivity contribution in [2.45, 2.75) is 4.90 Å². The summed E-state index contributed by atoms with van der Waals surface area (Å²) in [6.45, 7) is 0. The number of allylic oxidation sites excluding steroid dienone is 1. The van der Waals surface area contributed by atoms with Crippen LogP contribution in [-0.4, -0.2) is 15.5 Å². The summed E-state index contributed by atoms with van der Waals surface area (Å²) >= 11 is 5.82. The number of hydrogen-bond donors (Lipinski definition) is 0. The van der Waals surface area contributed by atoms with Gasteiger partial charge in [-0.2, -0.15) is 5.26 Å². The molecule has 3 aromatic carbocycles. The molecule has 0 radical (unpaired) electrons. The lowest BCUT2D eigenvalue weighted by Crippen LogP contribution is -2.03. The molecule has 0 fully saturated rings. The standard InChI is InChI=1S/C20H14ClNO3S/c1-25-20-11-6-14-4-2-3-5-18(14)19(20)12-17(13-22)26(23,24)16-9-7-15(21)8-10-16/h2-12H,1H3/b17-12-. The Morgan fingerprint density at radius 3 is 2.42 bits per heavy atom. The van der Waals surface area contributed by atoms with Gasteiger partial charge in [0.2, 0.25) is 9.84 Å². The Hall–Kier alpha value is -2.81. The molecule has 6 heteroatoms. The van der Waals surface area contributed by atoms with Crippen LogP contribution in [0.25, 0.3) is 16.8 Å². The smallest absolute Gasteiger partial charge is 0.216 e. The minimum absolute atomic E-state index is 0.00824. The second-order valence-electron chi connectivity index (χ2n) is 5.48. The molecule has 130 valence electrons. The minimum atomic E-state index is -3.97. The molecule has 4 nitrogen and oxygen atoms in total. The topological polar surface area (TPSA) is 67.2 Å². The molecule has 26 heavy (non-hydrogen) atoms. The van der Waals surface area contributed by atoms with E-state index in [-0.39, 0.29) is 9.80 Å². The molecule has 0 atom stereocenters. The van der Waals surface area contributed by atoms with E-state index < -0.39 is 9.84 Å². The van der Waals surface area contributed by atoms with E-state index >= 15 is 0 Å². The molecule has 0 aliphatic heterocycles. The highest BCUT2D eigenvalue weighted by Gasteiger charge is 2.22. The Labute approximate surface area is 156 Å². The number of benzene rings is 3. The summed E-state index contributed by atoms with van der Waals surface area (Å²) < 4.78 is 31.0. The zero-order valence-corrected chi connectivity index (χ0v) is 15.4. The predicted molar refractivity (Wildman–Crippen MR) is 103 cm³/mol. The van der Waals surface area contributed by atoms with Gasteiger partial charge in [-0.25, -0.2) is 8.42 Å². The van der Waals surface area contributed by atoms with Crippen LogP contribution in [0.15, 0.2) is 70.5 Å². The third-order valence-corrected chi connectivity index (χ3v) is 5.88. The maximum Gasteiger partial charge on any atom is 0.216 e. The number of nitriles is 1. The second-order valence-corrected chi connectivity index (χ2v) is 7.83. The van der Waals surface area contributed by atoms with Crippen molar-refractivity contribution in [1.82, 2.24) is 0 Å². The number of ether oxygens (including phenoxy) is 1. The first-order valence-electron chi connectivity index (χ1n) is 7.65. The van der Waals surface area contributed by atoms with Crippen molar-refractivity contribution in [2.24, 2.45) is 0 Å². The number of halogens is 1. The maximum absolute atomic E-state index is 12.8. The van der Waals surface area contributed by atoms with Gasteiger partial charge in [-0.3, -0.25) is 0 Å². The molecular weight excluding hydrogens is 370 g/mol. The van der Waals surface area contributed by atoms with Gasteiger partial charge < -0.3 is 4.74 Å². The Kier molecular flexibility index (Phi) is 4.99. The largest absolute Gasteiger partial charge is 0.496 e. The summed E-state index contributed by atoms with van der Waals surface area (Å²) in [6, 6.07) is 18.6. The summed E-state index contributed by atoms with van der Waals surface area (Å²) in [4.78, 5) is -0.358. The zero-order valence-electron chi connectivity index (χ0n) is 13.8. The number of rotatable bonds is 4. The third kappa shape index (κ3) is 3.30. The van der Waals surface area contributed by atoms with Crippen molar-refractivity contribution in [3.8, 4) is 11.8 Å². The van der Waals surface area contributed by atoms with Crippen LogP contribution >= 0.6 is 11.6 Å². The van der Waals surface area contributed by atoms with Gasteiger partial charge in [0.1, 0.15) is 16.7 Å². The molecule has 0 aliphatic carbocycles. The number of methoxy groups -OCH3 is 1. The fraction of sp³-hybridized carbons (Fsp3) is 0.0500. The monoisotopic (exact) mass is 383 g/mol. The van der Waals surface area contributed by atoms with E-state index in [1.807, 2.05) is 30.3 Å². The van der Waals surface area contributed by atoms with E-state index in [1.54, 1.807) is 12.1 Å². The lowest BCUT2D eigenvalue weighted by Gasteiger charge is -2.10. The van der Waals surface area contributed by atoms with Crippen molar-refractivity contribution in [2.75, 3.05) is 7.11 Å². The number of hydrogen-bond acceptors (Lipinski definition) is 4. The van der Waals surface area contributed by atoms with E-state index in [2.05, 4.69) is 0 Å². The molecule has 0 aromatic heterocycles. The molecule has 0 N–H and O–H groups in total. The minimum Gasteiger partial charge on any atom is -0.496 e. The van der Waals surface area contributed by atoms with Crippen LogP contribution in [0.4, 0.5) is 0 Å². The highest BCUT2D eigenvalue weighted by Crippen LogP contribution is 2.32. The highest BCUT2D eigenvalue weighted by atomic mass is 35.5. The summed E-state index contributed by atoms with van der Waals surface area (Å²) in [7, 11) is -2.47. The quantitative estimate of drug-likeness (QED) is 0.604. The van der Waals surface area contributed by atoms with E-state index in [9.17, 15) is 13.7 Å². The Morgan fingerprint density at radius 1 is 1.08 bits per heavy atom. The van der Waals surface area contributed by atoms with E-state index in [1.165, 1.54) is 37.5 Å². The molecule has 0 saturated carbocycles. The van der Waals surface area contributed by atoms with Crippen LogP contribution in [0.3, 0.4) is 0 Å². The zero-order chi connectivity index (χ0) is 18.7. The normalized spacial score (nSPS) is 12.0. The highest BCUT2D eigenvalue weighted by molar-refractivity contribution is 7.95. The first kappa shape index (κ1) is 18.0. The van der Waals surface area contributed by atoms with Crippen LogP contribution in [-0.2, 0) is 9.84 Å². The molecular formula is C20H14ClNO3S. The molecule has 0 bridgehead atoms. The van der Waals surface area contributed by atoms with Crippen molar-refractivity contribution in [3.63, 3.8) is 0 Å². The summed E-state index contributed by atoms with van der Waals surface area (Å²) in [5, 5.41) is 11.6. The molecule has 3 aromatic rings. The first-order chi connectivity index (χ1) is 12.5. The van der Waals surface area contributed by atoms with Crippen LogP contribution in [0.1, 0.15) is 5.56 Å². The molecule has 0 heterocycles. The Bertz CT molecular complexity index is 1140. The molecule has 0 amide bonds. The average Bonchev–Trinajstić information content (AvgIpc) is 2.66. The van der Waals surface area contributed by atoms with Crippen molar-refractivity contribution in [1.29, 1.82) is 5.26 Å². The summed E-state index contributed by atoms with van der Waals surface area (Å²) in [5.41, 5.74) is 0.541. The van der Waals surface area contributed by atoms with Gasteiger partial charge in [0.05, 0.1) is 12.0 Å². The second kappa shape index (κ2) is 7.20. The Balaban J connectivity index is 2.23. The summed E-state index contributed by atoms with van der Waals surface area (Å²) in [6.07, 6.45) is 1.35. The van der Waals surface area contributed by atoms with Gasteiger partial charge in [-0.1, -0.05) is 41.9 Å². The molecule has 3 rings (SSSR count). The van der Waals surface area contributed by atoms with Crippen molar-refractivity contribution >= 4 is 38.3 Å². The van der Waals surface area contributed by atoms with Gasteiger partial charge in [-0.05, 0) is 47.2 Å². The van der Waals surface area contributed by atoms with Crippen LogP contribution in [0.5, 0.6) is 5.75 Å². The van der Waals surface area contributed by atoms with Gasteiger partial charge in [-0.15, -0.1) is 0 Å². The van der Waals surface area contributed by atoms with E-state index in [4.69, 9.17) is 16.3 Å². The van der Waals surface area contributed by atoms with Crippen LogP contribution < -0.4 is 4.74 Å². The lowest BCUT2D eigenvalue weighted by molar-refractivity contribution is 0.414. The Morgan fingerprint density at radius 2 is 1.77 bits per heavy atom. The van der Waals surface area contributed by atoms with E-state index in [0.717, 1.165) is 10.8 Å². The number of sulfone groups is 1. The van der Waals surface area contributed by atoms with Gasteiger partial charge in [0.15, 0.2) is 0 Å². The van der Waals surface area contributed by atoms with Crippen molar-refractivity contribution in [3.05, 3.63) is 76.2 Å². The fourth-order valence-electron chi connectivity index (χ4n) is 2.64. The molecule has 0 saturated heterocycles. The molecule has 0 aliphatic rings. The molecule has 0 unspecified atom stereocenters. The lowest BCUT2D eigenvalue weighted by atomic mass is 10.0. The van der Waals surface area contributed by atoms with Gasteiger partial charge in [0.25, 0.3) is 0 Å².